The molecule has 3 saturated heterocycles. The summed E-state index contributed by atoms with van der Waals surface area (Å²) in [6, 6.07) is 0. The molecular formula is C48H74O21. The fourth-order valence-electron chi connectivity index (χ4n) is 15.1. The summed E-state index contributed by atoms with van der Waals surface area (Å²) in [5.41, 5.74) is -3.61. The molecule has 392 valence electrons. The molecule has 5 aliphatic carbocycles. The minimum Gasteiger partial charge on any atom is -0.481 e. The zero-order valence-electron chi connectivity index (χ0n) is 40.2. The molecule has 3 heterocycles. The van der Waals surface area contributed by atoms with Gasteiger partial charge in [-0.15, -0.1) is 0 Å². The quantitative estimate of drug-likeness (QED) is 0.129. The number of ether oxygens (including phenoxy) is 6. The first kappa shape index (κ1) is 52.7. The van der Waals surface area contributed by atoms with Crippen LogP contribution >= 0.6 is 0 Å². The number of allylic oxidation sites excluding steroid dienone is 2. The molecule has 25 atom stereocenters. The van der Waals surface area contributed by atoms with Gasteiger partial charge >= 0.3 is 17.9 Å². The molecule has 0 spiro atoms. The molecule has 21 heteroatoms. The number of hydrogen-bond donors (Lipinski definition) is 12. The number of carboxylic acid groups (broad SMARTS) is 3. The predicted molar refractivity (Wildman–Crippen MR) is 233 cm³/mol. The lowest BCUT2D eigenvalue weighted by molar-refractivity contribution is -0.375. The van der Waals surface area contributed by atoms with E-state index in [0.29, 0.717) is 50.7 Å². The Balaban J connectivity index is 1.16. The first-order chi connectivity index (χ1) is 32.0. The highest BCUT2D eigenvalue weighted by Crippen LogP contribution is 2.77. The topological polar surface area (TPSA) is 349 Å². The highest BCUT2D eigenvalue weighted by atomic mass is 16.8. The number of rotatable bonds is 10. The molecule has 8 aliphatic rings. The van der Waals surface area contributed by atoms with Gasteiger partial charge in [-0.2, -0.15) is 0 Å². The number of hydrogen-bond acceptors (Lipinski definition) is 18. The van der Waals surface area contributed by atoms with Crippen molar-refractivity contribution >= 4 is 17.9 Å². The Labute approximate surface area is 400 Å². The second kappa shape index (κ2) is 18.1. The van der Waals surface area contributed by atoms with Crippen LogP contribution in [0.3, 0.4) is 0 Å². The normalized spacial score (nSPS) is 53.8. The largest absolute Gasteiger partial charge is 0.481 e. The molecule has 0 bridgehead atoms. The third-order valence-corrected chi connectivity index (χ3v) is 19.7. The molecule has 1 unspecified atom stereocenters. The molecule has 0 aromatic rings. The van der Waals surface area contributed by atoms with Gasteiger partial charge in [0.05, 0.1) is 18.1 Å². The Morgan fingerprint density at radius 2 is 1.20 bits per heavy atom. The van der Waals surface area contributed by atoms with Crippen molar-refractivity contribution in [1.29, 1.82) is 0 Å². The van der Waals surface area contributed by atoms with Crippen LogP contribution in [0.15, 0.2) is 11.8 Å². The SMILES string of the molecule is CC1(C)[C@@H](O[C@@H]2O[C@H](CO)[C@H](O)[C@H](O)[C@H]2O[C@@H]2O[C@H](C(=O)O)[C@@H](O)[C@H](O)[C@H]2O)CC[C@]2(C)[C@H]3C(O[C@H]4O[C@H](C(=O)O)[C@@H](O)[C@H](O)[C@H]4O)=CC4[C@H]5C[C@@](C)(C(=O)O)CC[C@]5(C)CC[C@@]4(C)[C@]3(C)CC[C@@H]12. The lowest BCUT2D eigenvalue weighted by atomic mass is 9.32. The maximum atomic E-state index is 12.9. The standard InChI is InChI=1S/C48H74O21/c1-43(2)23-8-11-48(7)36(46(23,5)10-9-24(43)66-41-35(28(53)25(50)22(18-49)65-41)69-40-32(57)27(52)30(55)34(68-40)38(60)61)21(64-39-31(56)26(51)29(54)33(67-39)37(58)59)16-19-20-17-45(4,42(62)63)13-12-44(20,3)14-15-47(19,48)6/h16,19-20,22-36,39-41,49-57H,8-15,17-18H2,1-7H3,(H,58,59)(H,60,61)(H,62,63)/t19?,20-,22-,23+,24+,25+,26+,27+,28+,29+,30+,31-,32-,33+,34+,35-,36-,39+,40+,41+,44-,45+,46+,47-,48-/m1/s1. The number of carbonyl (C=O) groups is 3. The van der Waals surface area contributed by atoms with Crippen LogP contribution in [0.5, 0.6) is 0 Å². The van der Waals surface area contributed by atoms with Crippen molar-refractivity contribution in [1.82, 2.24) is 0 Å². The zero-order valence-corrected chi connectivity index (χ0v) is 40.2. The Hall–Kier alpha value is -2.61. The predicted octanol–water partition coefficient (Wildman–Crippen LogP) is 0.0667. The van der Waals surface area contributed by atoms with E-state index in [9.17, 15) is 75.7 Å². The van der Waals surface area contributed by atoms with Crippen LogP contribution in [0.2, 0.25) is 0 Å². The minimum absolute atomic E-state index is 0.101. The van der Waals surface area contributed by atoms with Crippen LogP contribution in [0.1, 0.15) is 106 Å². The zero-order chi connectivity index (χ0) is 50.9. The van der Waals surface area contributed by atoms with Crippen molar-refractivity contribution in [3.63, 3.8) is 0 Å². The molecule has 4 saturated carbocycles. The van der Waals surface area contributed by atoms with E-state index in [1.165, 1.54) is 0 Å². The van der Waals surface area contributed by atoms with Crippen LogP contribution in [-0.2, 0) is 42.8 Å². The molecule has 0 amide bonds. The van der Waals surface area contributed by atoms with E-state index in [1.807, 2.05) is 13.8 Å². The average molecular weight is 987 g/mol. The molecular weight excluding hydrogens is 913 g/mol. The van der Waals surface area contributed by atoms with Crippen LogP contribution in [0.25, 0.3) is 0 Å². The summed E-state index contributed by atoms with van der Waals surface area (Å²) in [5, 5.41) is 127. The van der Waals surface area contributed by atoms with Crippen LogP contribution in [-0.4, -0.2) is 184 Å². The van der Waals surface area contributed by atoms with Gasteiger partial charge in [0.15, 0.2) is 24.8 Å². The summed E-state index contributed by atoms with van der Waals surface area (Å²) in [7, 11) is 0. The lowest BCUT2D eigenvalue weighted by Crippen LogP contribution is -2.68. The Morgan fingerprint density at radius 1 is 0.623 bits per heavy atom. The summed E-state index contributed by atoms with van der Waals surface area (Å²) in [4.78, 5) is 37.1. The molecule has 3 aliphatic heterocycles. The van der Waals surface area contributed by atoms with E-state index < -0.39 is 156 Å². The lowest BCUT2D eigenvalue weighted by Gasteiger charge is -2.72. The second-order valence-corrected chi connectivity index (χ2v) is 23.7. The molecule has 21 nitrogen and oxygen atoms in total. The van der Waals surface area contributed by atoms with Gasteiger partial charge in [-0.25, -0.2) is 9.59 Å². The van der Waals surface area contributed by atoms with Gasteiger partial charge in [0.2, 0.25) is 6.29 Å². The van der Waals surface area contributed by atoms with Crippen molar-refractivity contribution in [2.75, 3.05) is 6.61 Å². The molecule has 0 aromatic heterocycles. The first-order valence-corrected chi connectivity index (χ1v) is 24.4. The van der Waals surface area contributed by atoms with E-state index in [0.717, 1.165) is 12.8 Å². The summed E-state index contributed by atoms with van der Waals surface area (Å²) in [5.74, 6) is -4.66. The van der Waals surface area contributed by atoms with Crippen molar-refractivity contribution in [2.45, 2.75) is 204 Å². The van der Waals surface area contributed by atoms with Gasteiger partial charge in [-0.3, -0.25) is 4.79 Å². The van der Waals surface area contributed by atoms with E-state index >= 15 is 0 Å². The fourth-order valence-corrected chi connectivity index (χ4v) is 15.1. The number of aliphatic carboxylic acids is 3. The molecule has 69 heavy (non-hydrogen) atoms. The van der Waals surface area contributed by atoms with Crippen molar-refractivity contribution in [2.24, 2.45) is 56.2 Å². The van der Waals surface area contributed by atoms with Crippen molar-refractivity contribution in [3.8, 4) is 0 Å². The van der Waals surface area contributed by atoms with Crippen LogP contribution < -0.4 is 0 Å². The van der Waals surface area contributed by atoms with E-state index in [4.69, 9.17) is 28.4 Å². The Morgan fingerprint density at radius 3 is 1.78 bits per heavy atom. The summed E-state index contributed by atoms with van der Waals surface area (Å²) < 4.78 is 36.6. The molecule has 0 radical (unpaired) electrons. The third-order valence-electron chi connectivity index (χ3n) is 19.7. The number of fused-ring (bicyclic) bond motifs is 7. The Kier molecular flexibility index (Phi) is 13.8. The molecule has 12 N–H and O–H groups in total. The average Bonchev–Trinajstić information content (AvgIpc) is 3.27. The maximum Gasteiger partial charge on any atom is 0.335 e. The first-order valence-electron chi connectivity index (χ1n) is 24.4. The fraction of sp³-hybridized carbons (Fsp3) is 0.896. The minimum atomic E-state index is -2.04. The van der Waals surface area contributed by atoms with Gasteiger partial charge in [-0.1, -0.05) is 41.5 Å². The van der Waals surface area contributed by atoms with Crippen LogP contribution in [0, 0.1) is 56.2 Å². The highest BCUT2D eigenvalue weighted by Gasteiger charge is 2.72. The van der Waals surface area contributed by atoms with Gasteiger partial charge in [-0.05, 0) is 116 Å². The van der Waals surface area contributed by atoms with Crippen LogP contribution in [0.4, 0.5) is 0 Å². The van der Waals surface area contributed by atoms with Crippen molar-refractivity contribution < 1.29 is 104 Å². The molecule has 7 fully saturated rings. The molecule has 8 rings (SSSR count). The maximum absolute atomic E-state index is 12.9. The number of aliphatic hydroxyl groups excluding tert-OH is 9. The smallest absolute Gasteiger partial charge is 0.335 e. The van der Waals surface area contributed by atoms with Crippen molar-refractivity contribution in [3.05, 3.63) is 11.8 Å². The Bertz CT molecular complexity index is 2000. The van der Waals surface area contributed by atoms with Gasteiger partial charge in [0.1, 0.15) is 66.8 Å². The summed E-state index contributed by atoms with van der Waals surface area (Å²) in [6.07, 6.45) is -20.9. The summed E-state index contributed by atoms with van der Waals surface area (Å²) in [6.45, 7) is 14.0. The second-order valence-electron chi connectivity index (χ2n) is 23.7. The van der Waals surface area contributed by atoms with Gasteiger partial charge < -0.3 is 89.7 Å². The van der Waals surface area contributed by atoms with Gasteiger partial charge in [0, 0.05) is 5.92 Å². The highest BCUT2D eigenvalue weighted by molar-refractivity contribution is 5.74. The van der Waals surface area contributed by atoms with E-state index in [-0.39, 0.29) is 23.2 Å². The summed E-state index contributed by atoms with van der Waals surface area (Å²) >= 11 is 0. The van der Waals surface area contributed by atoms with E-state index in [2.05, 4.69) is 33.8 Å². The van der Waals surface area contributed by atoms with Gasteiger partial charge in [0.25, 0.3) is 0 Å². The monoisotopic (exact) mass is 986 g/mol. The third kappa shape index (κ3) is 8.17. The van der Waals surface area contributed by atoms with E-state index in [1.54, 1.807) is 6.92 Å². The molecule has 0 aromatic carbocycles. The number of carboxylic acids is 3. The number of aliphatic hydroxyl groups is 9.